The fourth-order valence-electron chi connectivity index (χ4n) is 3.58. The molecule has 132 valence electrons. The summed E-state index contributed by atoms with van der Waals surface area (Å²) in [5.74, 6) is 0.843. The van der Waals surface area contributed by atoms with Crippen molar-refractivity contribution >= 4 is 5.91 Å². The predicted molar refractivity (Wildman–Crippen MR) is 94.6 cm³/mol. The molecule has 2 aromatic heterocycles. The van der Waals surface area contributed by atoms with Gasteiger partial charge >= 0.3 is 0 Å². The van der Waals surface area contributed by atoms with E-state index in [0.717, 1.165) is 32.6 Å². The zero-order chi connectivity index (χ0) is 17.1. The van der Waals surface area contributed by atoms with Crippen LogP contribution in [0.25, 0.3) is 0 Å². The summed E-state index contributed by atoms with van der Waals surface area (Å²) in [5, 5.41) is 7.59. The van der Waals surface area contributed by atoms with Crippen molar-refractivity contribution in [1.29, 1.82) is 0 Å². The van der Waals surface area contributed by atoms with Gasteiger partial charge in [-0.05, 0) is 48.9 Å². The molecule has 0 spiro atoms. The van der Waals surface area contributed by atoms with Gasteiger partial charge in [-0.1, -0.05) is 0 Å². The lowest BCUT2D eigenvalue weighted by Crippen LogP contribution is -2.39. The Hall–Kier alpha value is -2.21. The highest BCUT2D eigenvalue weighted by atomic mass is 16.1. The van der Waals surface area contributed by atoms with Crippen LogP contribution in [0.1, 0.15) is 43.0 Å². The van der Waals surface area contributed by atoms with Crippen LogP contribution in [0.3, 0.4) is 0 Å². The first-order chi connectivity index (χ1) is 12.3. The average molecular weight is 339 g/mol. The van der Waals surface area contributed by atoms with E-state index >= 15 is 0 Å². The summed E-state index contributed by atoms with van der Waals surface area (Å²) in [6.07, 6.45) is 9.62. The number of pyridine rings is 1. The zero-order valence-electron chi connectivity index (χ0n) is 14.5. The van der Waals surface area contributed by atoms with Gasteiger partial charge in [-0.2, -0.15) is 5.10 Å². The van der Waals surface area contributed by atoms with Crippen molar-refractivity contribution in [2.45, 2.75) is 44.8 Å². The Kier molecular flexibility index (Phi) is 4.78. The van der Waals surface area contributed by atoms with Crippen molar-refractivity contribution in [2.24, 2.45) is 5.92 Å². The van der Waals surface area contributed by atoms with Crippen LogP contribution >= 0.6 is 0 Å². The summed E-state index contributed by atoms with van der Waals surface area (Å²) < 4.78 is 2.14. The fraction of sp³-hybridized carbons (Fsp3) is 0.526. The molecule has 1 aliphatic carbocycles. The smallest absolute Gasteiger partial charge is 0.220 e. The molecule has 6 heteroatoms. The molecule has 1 aliphatic heterocycles. The molecular weight excluding hydrogens is 314 g/mol. The Labute approximate surface area is 148 Å². The van der Waals surface area contributed by atoms with Crippen molar-refractivity contribution in [3.63, 3.8) is 0 Å². The fourth-order valence-corrected chi connectivity index (χ4v) is 3.58. The summed E-state index contributed by atoms with van der Waals surface area (Å²) in [6, 6.07) is 6.54. The molecule has 3 heterocycles. The molecule has 1 atom stereocenters. The van der Waals surface area contributed by atoms with Crippen molar-refractivity contribution in [3.8, 4) is 0 Å². The topological polar surface area (TPSA) is 63.1 Å². The summed E-state index contributed by atoms with van der Waals surface area (Å²) >= 11 is 0. The summed E-state index contributed by atoms with van der Waals surface area (Å²) in [4.78, 5) is 18.4. The van der Waals surface area contributed by atoms with Gasteiger partial charge in [0.1, 0.15) is 0 Å². The van der Waals surface area contributed by atoms with Gasteiger partial charge in [0.15, 0.2) is 0 Å². The Balaban J connectivity index is 1.34. The second-order valence-electron chi connectivity index (χ2n) is 7.23. The molecule has 1 saturated carbocycles. The summed E-state index contributed by atoms with van der Waals surface area (Å²) in [7, 11) is 0. The van der Waals surface area contributed by atoms with Crippen LogP contribution in [-0.4, -0.2) is 38.7 Å². The zero-order valence-corrected chi connectivity index (χ0v) is 14.5. The minimum Gasteiger partial charge on any atom is -0.356 e. The van der Waals surface area contributed by atoms with Crippen molar-refractivity contribution in [3.05, 3.63) is 48.0 Å². The van der Waals surface area contributed by atoms with Crippen LogP contribution in [-0.2, 0) is 17.9 Å². The van der Waals surface area contributed by atoms with Gasteiger partial charge in [-0.15, -0.1) is 0 Å². The Morgan fingerprint density at radius 1 is 1.20 bits per heavy atom. The first-order valence-corrected chi connectivity index (χ1v) is 9.18. The van der Waals surface area contributed by atoms with Crippen molar-refractivity contribution in [1.82, 2.24) is 25.0 Å². The third-order valence-corrected chi connectivity index (χ3v) is 5.08. The SMILES string of the molecule is O=C(CC1CC1)NCCC1CN(Cc2ccncc2)Cc2ccnn21. The number of amides is 1. The van der Waals surface area contributed by atoms with Gasteiger partial charge in [0.2, 0.25) is 5.91 Å². The second-order valence-corrected chi connectivity index (χ2v) is 7.23. The van der Waals surface area contributed by atoms with E-state index in [9.17, 15) is 4.79 Å². The van der Waals surface area contributed by atoms with Crippen LogP contribution in [0.2, 0.25) is 0 Å². The number of hydrogen-bond acceptors (Lipinski definition) is 4. The molecule has 1 amide bonds. The number of rotatable bonds is 7. The molecule has 0 radical (unpaired) electrons. The van der Waals surface area contributed by atoms with E-state index in [1.165, 1.54) is 24.1 Å². The maximum atomic E-state index is 11.9. The molecule has 1 N–H and O–H groups in total. The molecule has 2 aromatic rings. The van der Waals surface area contributed by atoms with Gasteiger partial charge in [-0.25, -0.2) is 0 Å². The molecule has 1 fully saturated rings. The summed E-state index contributed by atoms with van der Waals surface area (Å²) in [6.45, 7) is 3.50. The third kappa shape index (κ3) is 4.25. The summed E-state index contributed by atoms with van der Waals surface area (Å²) in [5.41, 5.74) is 2.52. The quantitative estimate of drug-likeness (QED) is 0.839. The molecule has 25 heavy (non-hydrogen) atoms. The maximum Gasteiger partial charge on any atom is 0.220 e. The molecule has 6 nitrogen and oxygen atoms in total. The highest BCUT2D eigenvalue weighted by Gasteiger charge is 2.26. The van der Waals surface area contributed by atoms with Gasteiger partial charge < -0.3 is 5.32 Å². The van der Waals surface area contributed by atoms with Gasteiger partial charge in [0, 0.05) is 51.2 Å². The number of aromatic nitrogens is 3. The average Bonchev–Trinajstić information content (AvgIpc) is 3.29. The molecule has 1 unspecified atom stereocenters. The van der Waals surface area contributed by atoms with Crippen LogP contribution in [0.15, 0.2) is 36.8 Å². The van der Waals surface area contributed by atoms with E-state index in [4.69, 9.17) is 0 Å². The van der Waals surface area contributed by atoms with Gasteiger partial charge in [0.25, 0.3) is 0 Å². The van der Waals surface area contributed by atoms with Crippen LogP contribution in [0, 0.1) is 5.92 Å². The molecule has 4 rings (SSSR count). The van der Waals surface area contributed by atoms with E-state index in [1.54, 1.807) is 0 Å². The monoisotopic (exact) mass is 339 g/mol. The van der Waals surface area contributed by atoms with Crippen molar-refractivity contribution < 1.29 is 4.79 Å². The first-order valence-electron chi connectivity index (χ1n) is 9.18. The lowest BCUT2D eigenvalue weighted by atomic mass is 10.1. The van der Waals surface area contributed by atoms with E-state index in [-0.39, 0.29) is 5.91 Å². The minimum atomic E-state index is 0.202. The molecule has 0 bridgehead atoms. The van der Waals surface area contributed by atoms with E-state index in [2.05, 4.69) is 43.2 Å². The van der Waals surface area contributed by atoms with E-state index in [1.807, 2.05) is 18.6 Å². The highest BCUT2D eigenvalue weighted by Crippen LogP contribution is 2.32. The molecule has 2 aliphatic rings. The minimum absolute atomic E-state index is 0.202. The second kappa shape index (κ2) is 7.35. The van der Waals surface area contributed by atoms with Crippen LogP contribution in [0.5, 0.6) is 0 Å². The normalized spacial score (nSPS) is 20.2. The van der Waals surface area contributed by atoms with E-state index < -0.39 is 0 Å². The van der Waals surface area contributed by atoms with Crippen molar-refractivity contribution in [2.75, 3.05) is 13.1 Å². The maximum absolute atomic E-state index is 11.9. The van der Waals surface area contributed by atoms with E-state index in [0.29, 0.717) is 18.4 Å². The van der Waals surface area contributed by atoms with Crippen LogP contribution in [0.4, 0.5) is 0 Å². The number of carbonyl (C=O) groups is 1. The first kappa shape index (κ1) is 16.3. The molecule has 0 saturated heterocycles. The standard InChI is InChI=1S/C19H25N5O/c25-19(11-15-1-2-15)21-9-5-17-13-23(12-16-3-7-20-8-4-16)14-18-6-10-22-24(17)18/h3-4,6-8,10,15,17H,1-2,5,9,11-14H2,(H,21,25). The van der Waals surface area contributed by atoms with Gasteiger partial charge in [-0.3, -0.25) is 19.4 Å². The van der Waals surface area contributed by atoms with Crippen LogP contribution < -0.4 is 5.32 Å². The number of fused-ring (bicyclic) bond motifs is 1. The Morgan fingerprint density at radius 3 is 2.84 bits per heavy atom. The number of nitrogens with one attached hydrogen (secondary N) is 1. The molecular formula is C19H25N5O. The largest absolute Gasteiger partial charge is 0.356 e. The number of nitrogens with zero attached hydrogens (tertiary/aromatic N) is 4. The lowest BCUT2D eigenvalue weighted by molar-refractivity contribution is -0.121. The Bertz CT molecular complexity index is 710. The van der Waals surface area contributed by atoms with Gasteiger partial charge in [0.05, 0.1) is 11.7 Å². The lowest BCUT2D eigenvalue weighted by Gasteiger charge is -2.34. The highest BCUT2D eigenvalue weighted by molar-refractivity contribution is 5.76. The molecule has 0 aromatic carbocycles. The third-order valence-electron chi connectivity index (χ3n) is 5.08. The number of carbonyl (C=O) groups excluding carboxylic acids is 1. The number of hydrogen-bond donors (Lipinski definition) is 1. The Morgan fingerprint density at radius 2 is 2.04 bits per heavy atom. The predicted octanol–water partition coefficient (Wildman–Crippen LogP) is 2.14.